The van der Waals surface area contributed by atoms with Crippen LogP contribution in [0.2, 0.25) is 0 Å². The van der Waals surface area contributed by atoms with Crippen LogP contribution in [0.4, 0.5) is 5.69 Å². The van der Waals surface area contributed by atoms with E-state index in [0.717, 1.165) is 36.1 Å². The largest absolute Gasteiger partial charge is 0.478 e. The molecule has 1 unspecified atom stereocenters. The Labute approximate surface area is 135 Å². The molecule has 2 rings (SSSR count). The highest BCUT2D eigenvalue weighted by molar-refractivity contribution is 9.10. The van der Waals surface area contributed by atoms with Crippen LogP contribution >= 0.6 is 15.9 Å². The Morgan fingerprint density at radius 2 is 2.00 bits per heavy atom. The van der Waals surface area contributed by atoms with Crippen molar-refractivity contribution in [2.24, 2.45) is 11.3 Å². The summed E-state index contributed by atoms with van der Waals surface area (Å²) in [7, 11) is 0. The summed E-state index contributed by atoms with van der Waals surface area (Å²) in [4.78, 5) is 13.7. The number of anilines is 1. The first-order valence-corrected chi connectivity index (χ1v) is 8.36. The van der Waals surface area contributed by atoms with Crippen LogP contribution in [-0.2, 0) is 0 Å². The number of hydrogen-bond acceptors (Lipinski definition) is 2. The van der Waals surface area contributed by atoms with Gasteiger partial charge in [-0.1, -0.05) is 36.7 Å². The van der Waals surface area contributed by atoms with Gasteiger partial charge in [0.2, 0.25) is 0 Å². The Kier molecular flexibility index (Phi) is 4.97. The van der Waals surface area contributed by atoms with Gasteiger partial charge in [-0.25, -0.2) is 4.79 Å². The molecule has 0 amide bonds. The maximum atomic E-state index is 11.5. The predicted octanol–water partition coefficient (Wildman–Crippen LogP) is 4.80. The van der Waals surface area contributed by atoms with Gasteiger partial charge in [-0.2, -0.15) is 0 Å². The van der Waals surface area contributed by atoms with Crippen LogP contribution in [0.3, 0.4) is 0 Å². The van der Waals surface area contributed by atoms with E-state index < -0.39 is 5.97 Å². The van der Waals surface area contributed by atoms with E-state index in [-0.39, 0.29) is 0 Å². The molecular weight excluding hydrogens is 330 g/mol. The van der Waals surface area contributed by atoms with Gasteiger partial charge in [0.05, 0.1) is 11.3 Å². The third-order valence-corrected chi connectivity index (χ3v) is 4.98. The number of rotatable bonds is 2. The van der Waals surface area contributed by atoms with Gasteiger partial charge in [0.25, 0.3) is 0 Å². The molecule has 0 radical (unpaired) electrons. The van der Waals surface area contributed by atoms with Gasteiger partial charge < -0.3 is 10.0 Å². The molecule has 0 bridgehead atoms. The quantitative estimate of drug-likeness (QED) is 0.829. The van der Waals surface area contributed by atoms with Gasteiger partial charge in [0, 0.05) is 17.6 Å². The van der Waals surface area contributed by atoms with Crippen molar-refractivity contribution in [2.75, 3.05) is 18.0 Å². The SMILES string of the molecule is CC(C)(C)C1CCCN(c2ccc(Br)cc2C(=O)O)CC1. The molecule has 21 heavy (non-hydrogen) atoms. The second-order valence-electron chi connectivity index (χ2n) is 6.95. The zero-order valence-electron chi connectivity index (χ0n) is 13.0. The van der Waals surface area contributed by atoms with Gasteiger partial charge in [-0.15, -0.1) is 0 Å². The highest BCUT2D eigenvalue weighted by atomic mass is 79.9. The Morgan fingerprint density at radius 3 is 2.62 bits per heavy atom. The van der Waals surface area contributed by atoms with E-state index in [1.54, 1.807) is 6.07 Å². The van der Waals surface area contributed by atoms with Crippen LogP contribution < -0.4 is 4.90 Å². The predicted molar refractivity (Wildman–Crippen MR) is 90.1 cm³/mol. The normalized spacial score (nSPS) is 20.2. The lowest BCUT2D eigenvalue weighted by molar-refractivity contribution is 0.0697. The molecule has 0 aromatic heterocycles. The third kappa shape index (κ3) is 4.00. The molecular formula is C17H24BrNO2. The monoisotopic (exact) mass is 353 g/mol. The lowest BCUT2D eigenvalue weighted by Gasteiger charge is -2.30. The van der Waals surface area contributed by atoms with Gasteiger partial charge in [0.15, 0.2) is 0 Å². The third-order valence-electron chi connectivity index (χ3n) is 4.48. The molecule has 1 aromatic rings. The van der Waals surface area contributed by atoms with E-state index in [0.29, 0.717) is 16.9 Å². The van der Waals surface area contributed by atoms with Gasteiger partial charge in [-0.3, -0.25) is 0 Å². The average molecular weight is 354 g/mol. The van der Waals surface area contributed by atoms with E-state index in [9.17, 15) is 9.90 Å². The lowest BCUT2D eigenvalue weighted by atomic mass is 9.77. The van der Waals surface area contributed by atoms with Crippen LogP contribution in [0, 0.1) is 11.3 Å². The van der Waals surface area contributed by atoms with E-state index >= 15 is 0 Å². The van der Waals surface area contributed by atoms with Crippen molar-refractivity contribution in [3.05, 3.63) is 28.2 Å². The van der Waals surface area contributed by atoms with Crippen LogP contribution in [0.15, 0.2) is 22.7 Å². The number of aromatic carboxylic acids is 1. The first-order valence-electron chi connectivity index (χ1n) is 7.57. The summed E-state index contributed by atoms with van der Waals surface area (Å²) in [5.74, 6) is -0.158. The van der Waals surface area contributed by atoms with Crippen LogP contribution in [-0.4, -0.2) is 24.2 Å². The van der Waals surface area contributed by atoms with Crippen molar-refractivity contribution < 1.29 is 9.90 Å². The number of carbonyl (C=O) groups is 1. The van der Waals surface area contributed by atoms with Crippen molar-refractivity contribution in [2.45, 2.75) is 40.0 Å². The highest BCUT2D eigenvalue weighted by Crippen LogP contribution is 2.36. The fraction of sp³-hybridized carbons (Fsp3) is 0.588. The first-order chi connectivity index (χ1) is 9.79. The summed E-state index contributed by atoms with van der Waals surface area (Å²) < 4.78 is 0.811. The summed E-state index contributed by atoms with van der Waals surface area (Å²) in [6.45, 7) is 8.78. The van der Waals surface area contributed by atoms with Gasteiger partial charge >= 0.3 is 5.97 Å². The summed E-state index contributed by atoms with van der Waals surface area (Å²) in [6, 6.07) is 5.54. The summed E-state index contributed by atoms with van der Waals surface area (Å²) >= 11 is 3.36. The molecule has 1 saturated heterocycles. The lowest BCUT2D eigenvalue weighted by Crippen LogP contribution is -2.27. The molecule has 1 atom stereocenters. The second kappa shape index (κ2) is 6.39. The number of hydrogen-bond donors (Lipinski definition) is 1. The number of nitrogens with zero attached hydrogens (tertiary/aromatic N) is 1. The van der Waals surface area contributed by atoms with E-state index in [1.807, 2.05) is 12.1 Å². The minimum Gasteiger partial charge on any atom is -0.478 e. The van der Waals surface area contributed by atoms with Crippen LogP contribution in [0.1, 0.15) is 50.4 Å². The average Bonchev–Trinajstić information content (AvgIpc) is 2.63. The van der Waals surface area contributed by atoms with Gasteiger partial charge in [0.1, 0.15) is 0 Å². The Bertz CT molecular complexity index is 522. The molecule has 1 fully saturated rings. The van der Waals surface area contributed by atoms with Crippen molar-refractivity contribution in [3.63, 3.8) is 0 Å². The number of carboxylic acids is 1. The highest BCUT2D eigenvalue weighted by Gasteiger charge is 2.28. The summed E-state index contributed by atoms with van der Waals surface area (Å²) in [5, 5.41) is 9.42. The zero-order chi connectivity index (χ0) is 15.6. The minimum absolute atomic E-state index is 0.325. The maximum absolute atomic E-state index is 11.5. The van der Waals surface area contributed by atoms with Gasteiger partial charge in [-0.05, 0) is 48.8 Å². The van der Waals surface area contributed by atoms with Crippen molar-refractivity contribution in [3.8, 4) is 0 Å². The number of carboxylic acid groups (broad SMARTS) is 1. The Hall–Kier alpha value is -1.03. The second-order valence-corrected chi connectivity index (χ2v) is 7.86. The topological polar surface area (TPSA) is 40.5 Å². The van der Waals surface area contributed by atoms with Crippen molar-refractivity contribution in [1.29, 1.82) is 0 Å². The van der Waals surface area contributed by atoms with E-state index in [1.165, 1.54) is 6.42 Å². The molecule has 0 spiro atoms. The molecule has 4 heteroatoms. The van der Waals surface area contributed by atoms with Crippen LogP contribution in [0.5, 0.6) is 0 Å². The standard InChI is InChI=1S/C17H24BrNO2/c1-17(2,3)12-5-4-9-19(10-8-12)15-7-6-13(18)11-14(15)16(20)21/h6-7,11-12H,4-5,8-10H2,1-3H3,(H,20,21). The molecule has 3 nitrogen and oxygen atoms in total. The Morgan fingerprint density at radius 1 is 1.29 bits per heavy atom. The summed E-state index contributed by atoms with van der Waals surface area (Å²) in [5.41, 5.74) is 1.56. The fourth-order valence-corrected chi connectivity index (χ4v) is 3.52. The molecule has 0 saturated carbocycles. The minimum atomic E-state index is -0.858. The van der Waals surface area contributed by atoms with Crippen molar-refractivity contribution in [1.82, 2.24) is 0 Å². The molecule has 1 N–H and O–H groups in total. The molecule has 0 aliphatic carbocycles. The number of halogens is 1. The van der Waals surface area contributed by atoms with E-state index in [4.69, 9.17) is 0 Å². The Balaban J connectivity index is 2.22. The summed E-state index contributed by atoms with van der Waals surface area (Å²) in [6.07, 6.45) is 3.47. The number of benzene rings is 1. The van der Waals surface area contributed by atoms with E-state index in [2.05, 4.69) is 41.6 Å². The zero-order valence-corrected chi connectivity index (χ0v) is 14.6. The van der Waals surface area contributed by atoms with Crippen molar-refractivity contribution >= 4 is 27.6 Å². The maximum Gasteiger partial charge on any atom is 0.337 e. The molecule has 1 aromatic carbocycles. The fourth-order valence-electron chi connectivity index (χ4n) is 3.16. The molecule has 116 valence electrons. The molecule has 1 heterocycles. The molecule has 1 aliphatic heterocycles. The van der Waals surface area contributed by atoms with Crippen LogP contribution in [0.25, 0.3) is 0 Å². The first kappa shape index (κ1) is 16.3. The molecule has 1 aliphatic rings. The smallest absolute Gasteiger partial charge is 0.337 e.